The first-order chi connectivity index (χ1) is 15.3. The van der Waals surface area contributed by atoms with Crippen LogP contribution in [0.25, 0.3) is 0 Å². The first kappa shape index (κ1) is 22.6. The third-order valence-electron chi connectivity index (χ3n) is 5.54. The number of hydrogen-bond donors (Lipinski definition) is 1. The number of nitrogens with one attached hydrogen (secondary N) is 1. The third-order valence-corrected chi connectivity index (χ3v) is 7.99. The number of halogens is 2. The van der Waals surface area contributed by atoms with Crippen LogP contribution in [0.5, 0.6) is 0 Å². The fourth-order valence-corrected chi connectivity index (χ4v) is 5.84. The van der Waals surface area contributed by atoms with Crippen molar-refractivity contribution in [3.8, 4) is 0 Å². The molecule has 0 bridgehead atoms. The Balaban J connectivity index is 1.59. The van der Waals surface area contributed by atoms with E-state index in [1.54, 1.807) is 36.4 Å². The average molecular weight is 517 g/mol. The number of sulfonamides is 1. The number of hydrogen-bond acceptors (Lipinski definition) is 3. The Kier molecular flexibility index (Phi) is 6.74. The lowest BCUT2D eigenvalue weighted by Crippen LogP contribution is -2.42. The van der Waals surface area contributed by atoms with Crippen molar-refractivity contribution in [3.63, 3.8) is 0 Å². The largest absolute Gasteiger partial charge is 0.352 e. The predicted molar refractivity (Wildman–Crippen MR) is 124 cm³/mol. The van der Waals surface area contributed by atoms with Crippen molar-refractivity contribution < 1.29 is 17.6 Å². The van der Waals surface area contributed by atoms with Gasteiger partial charge in [0.1, 0.15) is 5.82 Å². The second-order valence-corrected chi connectivity index (χ2v) is 10.5. The zero-order chi connectivity index (χ0) is 22.7. The molecular weight excluding hydrogens is 495 g/mol. The minimum atomic E-state index is -3.81. The van der Waals surface area contributed by atoms with E-state index in [0.717, 1.165) is 15.6 Å². The molecule has 1 atom stereocenters. The summed E-state index contributed by atoms with van der Waals surface area (Å²) in [6, 6.07) is 19.5. The second kappa shape index (κ2) is 9.52. The molecule has 1 aliphatic heterocycles. The smallest absolute Gasteiger partial charge is 0.243 e. The molecular formula is C24H22BrFN2O3S. The highest BCUT2D eigenvalue weighted by Gasteiger charge is 2.37. The maximum Gasteiger partial charge on any atom is 0.243 e. The molecule has 0 aromatic heterocycles. The van der Waals surface area contributed by atoms with Crippen molar-refractivity contribution in [2.45, 2.75) is 30.3 Å². The Morgan fingerprint density at radius 2 is 1.81 bits per heavy atom. The molecule has 1 aliphatic rings. The monoisotopic (exact) mass is 516 g/mol. The Bertz CT molecular complexity index is 1230. The van der Waals surface area contributed by atoms with Gasteiger partial charge in [0.05, 0.1) is 10.9 Å². The average Bonchev–Trinajstić information content (AvgIpc) is 2.78. The van der Waals surface area contributed by atoms with Gasteiger partial charge >= 0.3 is 0 Å². The molecule has 0 saturated carbocycles. The molecule has 3 aromatic rings. The van der Waals surface area contributed by atoms with Crippen LogP contribution in [0.1, 0.15) is 29.2 Å². The van der Waals surface area contributed by atoms with Crippen LogP contribution in [-0.2, 0) is 27.8 Å². The standard InChI is InChI=1S/C24H22BrFN2O3S/c25-19-8-10-21(11-9-19)32(30,31)28-13-12-18-5-1-2-7-22(18)23(28)15-24(29)27-16-17-4-3-6-20(26)14-17/h1-11,14,23H,12-13,15-16H2,(H,27,29)/t23-/m1/s1. The molecule has 3 aromatic carbocycles. The Hall–Kier alpha value is -2.55. The first-order valence-corrected chi connectivity index (χ1v) is 12.4. The van der Waals surface area contributed by atoms with Crippen molar-refractivity contribution in [1.82, 2.24) is 9.62 Å². The summed E-state index contributed by atoms with van der Waals surface area (Å²) < 4.78 is 42.5. The summed E-state index contributed by atoms with van der Waals surface area (Å²) in [4.78, 5) is 13.0. The van der Waals surface area contributed by atoms with E-state index < -0.39 is 16.1 Å². The summed E-state index contributed by atoms with van der Waals surface area (Å²) >= 11 is 3.33. The lowest BCUT2D eigenvalue weighted by Gasteiger charge is -2.36. The summed E-state index contributed by atoms with van der Waals surface area (Å²) in [5.41, 5.74) is 2.51. The van der Waals surface area contributed by atoms with Gasteiger partial charge in [0.15, 0.2) is 0 Å². The van der Waals surface area contributed by atoms with Crippen molar-refractivity contribution in [1.29, 1.82) is 0 Å². The summed E-state index contributed by atoms with van der Waals surface area (Å²) in [5, 5.41) is 2.79. The molecule has 166 valence electrons. The number of carbonyl (C=O) groups excluding carboxylic acids is 1. The van der Waals surface area contributed by atoms with Gasteiger partial charge in [-0.25, -0.2) is 12.8 Å². The van der Waals surface area contributed by atoms with E-state index in [9.17, 15) is 17.6 Å². The molecule has 1 amide bonds. The molecule has 4 rings (SSSR count). The van der Waals surface area contributed by atoms with Crippen molar-refractivity contribution in [2.24, 2.45) is 0 Å². The van der Waals surface area contributed by atoms with Gasteiger partial charge in [-0.05, 0) is 59.5 Å². The van der Waals surface area contributed by atoms with Crippen molar-refractivity contribution in [3.05, 3.63) is 99.8 Å². The Morgan fingerprint density at radius 3 is 2.56 bits per heavy atom. The lowest BCUT2D eigenvalue weighted by molar-refractivity contribution is -0.122. The number of benzene rings is 3. The normalized spacial score (nSPS) is 16.4. The summed E-state index contributed by atoms with van der Waals surface area (Å²) in [6.07, 6.45) is 0.551. The third kappa shape index (κ3) is 4.92. The summed E-state index contributed by atoms with van der Waals surface area (Å²) in [6.45, 7) is 0.460. The fraction of sp³-hybridized carbons (Fsp3) is 0.208. The minimum absolute atomic E-state index is 0.0257. The van der Waals surface area contributed by atoms with E-state index in [0.29, 0.717) is 12.0 Å². The van der Waals surface area contributed by atoms with Gasteiger partial charge in [0.2, 0.25) is 15.9 Å². The topological polar surface area (TPSA) is 66.5 Å². The number of amides is 1. The van der Waals surface area contributed by atoms with Crippen LogP contribution in [-0.4, -0.2) is 25.2 Å². The van der Waals surface area contributed by atoms with E-state index in [2.05, 4.69) is 21.2 Å². The number of nitrogens with zero attached hydrogens (tertiary/aromatic N) is 1. The van der Waals surface area contributed by atoms with Crippen LogP contribution in [0.2, 0.25) is 0 Å². The zero-order valence-corrected chi connectivity index (χ0v) is 19.6. The van der Waals surface area contributed by atoms with Crippen LogP contribution >= 0.6 is 15.9 Å². The molecule has 1 N–H and O–H groups in total. The van der Waals surface area contributed by atoms with Crippen LogP contribution in [0.3, 0.4) is 0 Å². The van der Waals surface area contributed by atoms with E-state index in [4.69, 9.17) is 0 Å². The van der Waals surface area contributed by atoms with Gasteiger partial charge in [-0.15, -0.1) is 0 Å². The van der Waals surface area contributed by atoms with Gasteiger partial charge in [-0.2, -0.15) is 4.31 Å². The SMILES string of the molecule is O=C(C[C@@H]1c2ccccc2CCN1S(=O)(=O)c1ccc(Br)cc1)NCc1cccc(F)c1. The van der Waals surface area contributed by atoms with E-state index in [1.165, 1.54) is 16.4 Å². The van der Waals surface area contributed by atoms with Gasteiger partial charge in [-0.3, -0.25) is 4.79 Å². The van der Waals surface area contributed by atoms with Crippen molar-refractivity contribution in [2.75, 3.05) is 6.54 Å². The quantitative estimate of drug-likeness (QED) is 0.521. The van der Waals surface area contributed by atoms with Crippen LogP contribution < -0.4 is 5.32 Å². The maximum atomic E-state index is 13.5. The number of fused-ring (bicyclic) bond motifs is 1. The first-order valence-electron chi connectivity index (χ1n) is 10.2. The minimum Gasteiger partial charge on any atom is -0.352 e. The lowest BCUT2D eigenvalue weighted by atomic mass is 9.92. The van der Waals surface area contributed by atoms with Gasteiger partial charge in [0, 0.05) is 24.0 Å². The molecule has 0 saturated heterocycles. The number of carbonyl (C=O) groups is 1. The van der Waals surface area contributed by atoms with Gasteiger partial charge < -0.3 is 5.32 Å². The van der Waals surface area contributed by atoms with Crippen molar-refractivity contribution >= 4 is 31.9 Å². The molecule has 0 unspecified atom stereocenters. The molecule has 0 spiro atoms. The van der Waals surface area contributed by atoms with Gasteiger partial charge in [0.25, 0.3) is 0 Å². The second-order valence-electron chi connectivity index (χ2n) is 7.65. The number of rotatable bonds is 6. The molecule has 1 heterocycles. The van der Waals surface area contributed by atoms with Crippen LogP contribution in [0, 0.1) is 5.82 Å². The molecule has 0 fully saturated rings. The maximum absolute atomic E-state index is 13.5. The molecule has 0 aliphatic carbocycles. The van der Waals surface area contributed by atoms with Gasteiger partial charge in [-0.1, -0.05) is 52.3 Å². The predicted octanol–water partition coefficient (Wildman–Crippen LogP) is 4.58. The highest BCUT2D eigenvalue weighted by atomic mass is 79.9. The molecule has 5 nitrogen and oxygen atoms in total. The molecule has 0 radical (unpaired) electrons. The highest BCUT2D eigenvalue weighted by molar-refractivity contribution is 9.10. The molecule has 8 heteroatoms. The Labute approximate surface area is 195 Å². The van der Waals surface area contributed by atoms with E-state index in [1.807, 2.05) is 24.3 Å². The fourth-order valence-electron chi connectivity index (χ4n) is 3.97. The highest BCUT2D eigenvalue weighted by Crippen LogP contribution is 2.36. The van der Waals surface area contributed by atoms with Crippen LogP contribution in [0.15, 0.2) is 82.2 Å². The summed E-state index contributed by atoms with van der Waals surface area (Å²) in [7, 11) is -3.81. The Morgan fingerprint density at radius 1 is 1.06 bits per heavy atom. The summed E-state index contributed by atoms with van der Waals surface area (Å²) in [5.74, 6) is -0.670. The molecule has 32 heavy (non-hydrogen) atoms. The zero-order valence-electron chi connectivity index (χ0n) is 17.2. The van der Waals surface area contributed by atoms with E-state index >= 15 is 0 Å². The van der Waals surface area contributed by atoms with Crippen LogP contribution in [0.4, 0.5) is 4.39 Å². The van der Waals surface area contributed by atoms with E-state index in [-0.39, 0.29) is 36.1 Å².